The van der Waals surface area contributed by atoms with Gasteiger partial charge in [0.05, 0.1) is 0 Å². The second kappa shape index (κ2) is 5.14. The number of nitrogens with two attached hydrogens (primary N) is 1. The SMILES string of the molecule is Nc1cc(C23CC4CC(CC(C4)C2)C3)cc(C23CC4CC(CC(C4)C2)C3)c1. The molecule has 0 radical (unpaired) electrons. The summed E-state index contributed by atoms with van der Waals surface area (Å²) in [6, 6.07) is 7.50. The molecule has 1 heteroatoms. The maximum absolute atomic E-state index is 6.60. The number of nitrogen functional groups attached to an aromatic ring is 1. The summed E-state index contributed by atoms with van der Waals surface area (Å²) < 4.78 is 0. The van der Waals surface area contributed by atoms with Gasteiger partial charge in [0.1, 0.15) is 0 Å². The number of hydrogen-bond acceptors (Lipinski definition) is 1. The van der Waals surface area contributed by atoms with Gasteiger partial charge < -0.3 is 5.73 Å². The average molecular weight is 362 g/mol. The highest BCUT2D eigenvalue weighted by molar-refractivity contribution is 5.50. The summed E-state index contributed by atoms with van der Waals surface area (Å²) in [6.07, 6.45) is 18.0. The molecule has 8 aliphatic carbocycles. The Morgan fingerprint density at radius 3 is 1.11 bits per heavy atom. The van der Waals surface area contributed by atoms with Crippen molar-refractivity contribution in [2.24, 2.45) is 35.5 Å². The summed E-state index contributed by atoms with van der Waals surface area (Å²) in [5.41, 5.74) is 12.0. The maximum atomic E-state index is 6.60. The Hall–Kier alpha value is -0.980. The summed E-state index contributed by atoms with van der Waals surface area (Å²) in [6.45, 7) is 0. The van der Waals surface area contributed by atoms with Crippen LogP contribution in [0.2, 0.25) is 0 Å². The molecule has 0 unspecified atom stereocenters. The summed E-state index contributed by atoms with van der Waals surface area (Å²) in [5, 5.41) is 0. The van der Waals surface area contributed by atoms with Gasteiger partial charge in [0, 0.05) is 5.69 Å². The Bertz CT molecular complexity index is 657. The molecule has 2 N–H and O–H groups in total. The number of anilines is 1. The summed E-state index contributed by atoms with van der Waals surface area (Å²) in [7, 11) is 0. The molecule has 0 saturated heterocycles. The lowest BCUT2D eigenvalue weighted by Crippen LogP contribution is -2.50. The van der Waals surface area contributed by atoms with E-state index in [4.69, 9.17) is 5.73 Å². The van der Waals surface area contributed by atoms with Gasteiger partial charge in [-0.25, -0.2) is 0 Å². The third-order valence-electron chi connectivity index (χ3n) is 10.3. The lowest BCUT2D eigenvalue weighted by atomic mass is 9.46. The van der Waals surface area contributed by atoms with E-state index in [9.17, 15) is 0 Å². The topological polar surface area (TPSA) is 26.0 Å². The first-order chi connectivity index (χ1) is 13.1. The van der Waals surface area contributed by atoms with Gasteiger partial charge in [0.25, 0.3) is 0 Å². The third-order valence-corrected chi connectivity index (χ3v) is 10.3. The number of benzene rings is 1. The van der Waals surface area contributed by atoms with Crippen LogP contribution in [0.25, 0.3) is 0 Å². The van der Waals surface area contributed by atoms with Crippen LogP contribution in [0.5, 0.6) is 0 Å². The standard InChI is InChI=1S/C26H35N/c27-24-8-22(25-10-16-1-17(11-25)3-18(2-16)12-25)7-23(9-24)26-13-19-4-20(14-26)6-21(5-19)15-26/h7-9,16-21H,1-6,10-15,27H2. The van der Waals surface area contributed by atoms with Crippen molar-refractivity contribution in [2.75, 3.05) is 5.73 Å². The molecular weight excluding hydrogens is 326 g/mol. The van der Waals surface area contributed by atoms with Gasteiger partial charge >= 0.3 is 0 Å². The van der Waals surface area contributed by atoms with Crippen molar-refractivity contribution < 1.29 is 0 Å². The quantitative estimate of drug-likeness (QED) is 0.623. The van der Waals surface area contributed by atoms with Gasteiger partial charge in [-0.1, -0.05) is 6.07 Å². The number of hydrogen-bond donors (Lipinski definition) is 1. The molecule has 1 nitrogen and oxygen atoms in total. The molecule has 0 aromatic heterocycles. The van der Waals surface area contributed by atoms with Crippen LogP contribution in [0.15, 0.2) is 18.2 Å². The first-order valence-corrected chi connectivity index (χ1v) is 12.0. The maximum Gasteiger partial charge on any atom is 0.0319 e. The normalized spacial score (nSPS) is 51.9. The van der Waals surface area contributed by atoms with Crippen LogP contribution in [-0.2, 0) is 10.8 Å². The highest BCUT2D eigenvalue weighted by Gasteiger charge is 2.54. The fraction of sp³-hybridized carbons (Fsp3) is 0.769. The molecule has 27 heavy (non-hydrogen) atoms. The van der Waals surface area contributed by atoms with Crippen molar-refractivity contribution in [3.8, 4) is 0 Å². The largest absolute Gasteiger partial charge is 0.399 e. The molecule has 8 aliphatic rings. The van der Waals surface area contributed by atoms with Gasteiger partial charge in [-0.3, -0.25) is 0 Å². The molecular formula is C26H35N. The van der Waals surface area contributed by atoms with E-state index in [1.165, 1.54) is 77.0 Å². The molecule has 144 valence electrons. The zero-order valence-electron chi connectivity index (χ0n) is 16.8. The van der Waals surface area contributed by atoms with Gasteiger partial charge in [0.2, 0.25) is 0 Å². The van der Waals surface area contributed by atoms with Crippen LogP contribution in [0.4, 0.5) is 5.69 Å². The molecule has 9 rings (SSSR count). The van der Waals surface area contributed by atoms with E-state index in [0.717, 1.165) is 41.2 Å². The minimum absolute atomic E-state index is 0.487. The van der Waals surface area contributed by atoms with E-state index >= 15 is 0 Å². The minimum atomic E-state index is 0.487. The van der Waals surface area contributed by atoms with Gasteiger partial charge in [-0.15, -0.1) is 0 Å². The highest BCUT2D eigenvalue weighted by Crippen LogP contribution is 2.63. The molecule has 0 spiro atoms. The Balaban J connectivity index is 1.31. The Labute approximate surface area is 164 Å². The predicted molar refractivity (Wildman–Crippen MR) is 111 cm³/mol. The van der Waals surface area contributed by atoms with Crippen LogP contribution >= 0.6 is 0 Å². The van der Waals surface area contributed by atoms with Gasteiger partial charge in [0.15, 0.2) is 0 Å². The van der Waals surface area contributed by atoms with E-state index in [1.807, 2.05) is 0 Å². The highest BCUT2D eigenvalue weighted by atomic mass is 14.6. The predicted octanol–water partition coefficient (Wildman–Crippen LogP) is 6.20. The molecule has 1 aromatic rings. The van der Waals surface area contributed by atoms with Crippen LogP contribution < -0.4 is 5.73 Å². The smallest absolute Gasteiger partial charge is 0.0319 e. The first-order valence-electron chi connectivity index (χ1n) is 12.0. The minimum Gasteiger partial charge on any atom is -0.399 e. The fourth-order valence-corrected chi connectivity index (χ4v) is 10.2. The van der Waals surface area contributed by atoms with Crippen molar-refractivity contribution in [1.82, 2.24) is 0 Å². The molecule has 8 bridgehead atoms. The molecule has 8 saturated carbocycles. The monoisotopic (exact) mass is 361 g/mol. The van der Waals surface area contributed by atoms with Crippen molar-refractivity contribution in [2.45, 2.75) is 87.9 Å². The van der Waals surface area contributed by atoms with E-state index in [-0.39, 0.29) is 0 Å². The van der Waals surface area contributed by atoms with Crippen LogP contribution in [0, 0.1) is 35.5 Å². The van der Waals surface area contributed by atoms with Crippen LogP contribution in [0.1, 0.15) is 88.2 Å². The second-order valence-electron chi connectivity index (χ2n) is 12.2. The summed E-state index contributed by atoms with van der Waals surface area (Å²) in [5.74, 6) is 6.09. The average Bonchev–Trinajstić information content (AvgIpc) is 2.59. The summed E-state index contributed by atoms with van der Waals surface area (Å²) >= 11 is 0. The molecule has 0 atom stereocenters. The van der Waals surface area contributed by atoms with E-state index in [1.54, 1.807) is 11.1 Å². The molecule has 1 aromatic carbocycles. The second-order valence-corrected chi connectivity index (χ2v) is 12.2. The van der Waals surface area contributed by atoms with Crippen molar-refractivity contribution in [3.63, 3.8) is 0 Å². The van der Waals surface area contributed by atoms with Crippen molar-refractivity contribution in [1.29, 1.82) is 0 Å². The van der Waals surface area contributed by atoms with Gasteiger partial charge in [-0.05, 0) is 147 Å². The first kappa shape index (κ1) is 15.9. The number of rotatable bonds is 2. The molecule has 0 heterocycles. The van der Waals surface area contributed by atoms with Crippen molar-refractivity contribution >= 4 is 5.69 Å². The lowest BCUT2D eigenvalue weighted by Gasteiger charge is -2.58. The van der Waals surface area contributed by atoms with Crippen LogP contribution in [0.3, 0.4) is 0 Å². The lowest BCUT2D eigenvalue weighted by molar-refractivity contribution is -0.00831. The summed E-state index contributed by atoms with van der Waals surface area (Å²) in [4.78, 5) is 0. The Kier molecular flexibility index (Phi) is 3.02. The Morgan fingerprint density at radius 1 is 0.519 bits per heavy atom. The van der Waals surface area contributed by atoms with Gasteiger partial charge in [-0.2, -0.15) is 0 Å². The van der Waals surface area contributed by atoms with Crippen LogP contribution in [-0.4, -0.2) is 0 Å². The zero-order chi connectivity index (χ0) is 17.8. The molecule has 0 amide bonds. The Morgan fingerprint density at radius 2 is 0.815 bits per heavy atom. The zero-order valence-corrected chi connectivity index (χ0v) is 16.8. The van der Waals surface area contributed by atoms with Crippen molar-refractivity contribution in [3.05, 3.63) is 29.3 Å². The fourth-order valence-electron chi connectivity index (χ4n) is 10.2. The van der Waals surface area contributed by atoms with E-state index in [0.29, 0.717) is 10.8 Å². The van der Waals surface area contributed by atoms with E-state index in [2.05, 4.69) is 18.2 Å². The molecule has 0 aliphatic heterocycles. The van der Waals surface area contributed by atoms with E-state index < -0.39 is 0 Å². The third kappa shape index (κ3) is 2.24. The molecule has 8 fully saturated rings.